The highest BCUT2D eigenvalue weighted by molar-refractivity contribution is 6.58. The summed E-state index contributed by atoms with van der Waals surface area (Å²) >= 11 is 0. The lowest BCUT2D eigenvalue weighted by molar-refractivity contribution is -0.139. The van der Waals surface area contributed by atoms with Crippen LogP contribution in [-0.4, -0.2) is 75.9 Å². The number of halogens is 1. The quantitative estimate of drug-likeness (QED) is 0.129. The second-order valence-corrected chi connectivity index (χ2v) is 6.58. The minimum absolute atomic E-state index is 0.0558. The number of carbonyl (C=O) groups excluding carboxylic acids is 2. The molecule has 3 amide bonds. The molecule has 6 N–H and O–H groups in total. The number of urea groups is 1. The van der Waals surface area contributed by atoms with Gasteiger partial charge in [0.25, 0.3) is 0 Å². The minimum atomic E-state index is -2.10. The first-order valence-electron chi connectivity index (χ1n) is 9.30. The molecule has 1 atom stereocenters. The molecule has 170 valence electrons. The molecule has 1 aromatic heterocycles. The van der Waals surface area contributed by atoms with Crippen LogP contribution in [0.5, 0.6) is 0 Å². The smallest absolute Gasteiger partial charge is 0.481 e. The summed E-state index contributed by atoms with van der Waals surface area (Å²) in [5.74, 6) is -3.86. The van der Waals surface area contributed by atoms with Crippen LogP contribution in [0.1, 0.15) is 32.1 Å². The summed E-state index contributed by atoms with van der Waals surface area (Å²) < 4.78 is 13.4. The molecule has 0 aliphatic carbocycles. The lowest BCUT2D eigenvalue weighted by atomic mass is 9.81. The number of hydrogen-bond donors (Lipinski definition) is 6. The van der Waals surface area contributed by atoms with Gasteiger partial charge < -0.3 is 35.8 Å². The molecule has 1 aromatic rings. The predicted molar refractivity (Wildman–Crippen MR) is 106 cm³/mol. The number of anilines is 1. The Morgan fingerprint density at radius 1 is 1.19 bits per heavy atom. The average molecular weight is 442 g/mol. The van der Waals surface area contributed by atoms with Crippen LogP contribution >= 0.6 is 0 Å². The lowest BCUT2D eigenvalue weighted by Crippen LogP contribution is -2.46. The van der Waals surface area contributed by atoms with E-state index in [-0.39, 0.29) is 44.3 Å². The number of carboxylic acid groups (broad SMARTS) is 2. The van der Waals surface area contributed by atoms with Gasteiger partial charge in [-0.05, 0) is 25.3 Å². The van der Waals surface area contributed by atoms with E-state index in [0.29, 0.717) is 0 Å². The van der Waals surface area contributed by atoms with E-state index < -0.39 is 48.4 Å². The van der Waals surface area contributed by atoms with Crippen LogP contribution in [-0.2, 0) is 14.4 Å². The number of aliphatic carboxylic acids is 2. The number of aromatic nitrogens is 1. The van der Waals surface area contributed by atoms with E-state index in [9.17, 15) is 28.7 Å². The Hall–Kier alpha value is -3.26. The third-order valence-corrected chi connectivity index (χ3v) is 4.23. The normalized spacial score (nSPS) is 11.4. The molecule has 0 saturated heterocycles. The molecule has 31 heavy (non-hydrogen) atoms. The molecule has 0 bridgehead atoms. The van der Waals surface area contributed by atoms with E-state index in [1.807, 2.05) is 0 Å². The first-order valence-corrected chi connectivity index (χ1v) is 9.30. The number of rotatable bonds is 12. The largest absolute Gasteiger partial charge is 0.493 e. The zero-order valence-corrected chi connectivity index (χ0v) is 16.7. The first kappa shape index (κ1) is 25.8. The van der Waals surface area contributed by atoms with Gasteiger partial charge in [0.2, 0.25) is 11.9 Å². The van der Waals surface area contributed by atoms with Crippen LogP contribution in [0.15, 0.2) is 12.3 Å². The van der Waals surface area contributed by atoms with Crippen molar-refractivity contribution in [1.29, 1.82) is 0 Å². The molecule has 0 fully saturated rings. The maximum Gasteiger partial charge on any atom is 0.493 e. The Balaban J connectivity index is 2.53. The van der Waals surface area contributed by atoms with Crippen molar-refractivity contribution in [2.75, 3.05) is 18.5 Å². The average Bonchev–Trinajstić information content (AvgIpc) is 2.69. The van der Waals surface area contributed by atoms with Crippen LogP contribution in [0.2, 0.25) is 0 Å². The fraction of sp³-hybridized carbons (Fsp3) is 0.471. The maximum atomic E-state index is 13.4. The summed E-state index contributed by atoms with van der Waals surface area (Å²) in [5, 5.41) is 40.6. The number of nitrogens with one attached hydrogen (secondary N) is 2. The molecule has 14 heteroatoms. The van der Waals surface area contributed by atoms with Crippen molar-refractivity contribution >= 4 is 42.1 Å². The molecule has 0 aliphatic rings. The Morgan fingerprint density at radius 3 is 2.45 bits per heavy atom. The zero-order valence-electron chi connectivity index (χ0n) is 16.7. The summed E-state index contributed by atoms with van der Waals surface area (Å²) in [6.45, 7) is 0.0595. The van der Waals surface area contributed by atoms with Gasteiger partial charge in [-0.2, -0.15) is 4.39 Å². The molecule has 0 radical (unpaired) electrons. The first-order chi connectivity index (χ1) is 14.5. The Kier molecular flexibility index (Phi) is 10.3. The number of pyridine rings is 1. The Bertz CT molecular complexity index is 810. The van der Waals surface area contributed by atoms with Gasteiger partial charge >= 0.3 is 25.1 Å². The molecule has 0 aliphatic heterocycles. The molecule has 1 rings (SSSR count). The molecule has 0 saturated carbocycles. The van der Waals surface area contributed by atoms with Crippen LogP contribution in [0.4, 0.5) is 14.9 Å². The number of carboxylic acids is 2. The zero-order chi connectivity index (χ0) is 23.6. The summed E-state index contributed by atoms with van der Waals surface area (Å²) in [5.41, 5.74) is -0.384. The van der Waals surface area contributed by atoms with Crippen LogP contribution in [0, 0.1) is 5.95 Å². The molecule has 0 spiro atoms. The Labute approximate surface area is 177 Å². The van der Waals surface area contributed by atoms with E-state index in [4.69, 9.17) is 15.2 Å². The van der Waals surface area contributed by atoms with Crippen molar-refractivity contribution in [3.63, 3.8) is 0 Å². The Morgan fingerprint density at radius 2 is 1.87 bits per heavy atom. The third kappa shape index (κ3) is 8.96. The molecule has 1 unspecified atom stereocenters. The SMILES string of the molecule is CN(C(=O)CCCC(NC(=O)NCCCC(=O)O)C(=O)O)c1cnc(F)c(B(O)O)c1. The van der Waals surface area contributed by atoms with Gasteiger partial charge in [0.05, 0.1) is 11.9 Å². The second kappa shape index (κ2) is 12.4. The fourth-order valence-electron chi connectivity index (χ4n) is 2.50. The van der Waals surface area contributed by atoms with E-state index in [1.54, 1.807) is 0 Å². The standard InChI is InChI=1S/C17H24BFN4O8/c1-23(10-8-11(18(30)31)15(19)21-9-10)13(24)5-2-4-12(16(27)28)22-17(29)20-7-3-6-14(25)26/h8-9,12,30-31H,2-7H2,1H3,(H,25,26)(H,27,28)(H2,20,22,29). The van der Waals surface area contributed by atoms with Crippen molar-refractivity contribution in [1.82, 2.24) is 15.6 Å². The van der Waals surface area contributed by atoms with Gasteiger partial charge in [-0.1, -0.05) is 0 Å². The molecule has 12 nitrogen and oxygen atoms in total. The van der Waals surface area contributed by atoms with Crippen molar-refractivity contribution in [2.24, 2.45) is 0 Å². The second-order valence-electron chi connectivity index (χ2n) is 6.58. The topological polar surface area (TPSA) is 189 Å². The van der Waals surface area contributed by atoms with E-state index in [1.165, 1.54) is 7.05 Å². The predicted octanol–water partition coefficient (Wildman–Crippen LogP) is -1.35. The van der Waals surface area contributed by atoms with Gasteiger partial charge in [-0.3, -0.25) is 9.59 Å². The summed E-state index contributed by atoms with van der Waals surface area (Å²) in [7, 11) is -0.740. The summed E-state index contributed by atoms with van der Waals surface area (Å²) in [6.07, 6.45) is 1.03. The molecular weight excluding hydrogens is 418 g/mol. The van der Waals surface area contributed by atoms with Crippen molar-refractivity contribution in [3.05, 3.63) is 18.2 Å². The molecule has 1 heterocycles. The van der Waals surface area contributed by atoms with Crippen molar-refractivity contribution in [3.8, 4) is 0 Å². The van der Waals surface area contributed by atoms with Gasteiger partial charge in [-0.25, -0.2) is 14.6 Å². The number of hydrogen-bond acceptors (Lipinski definition) is 7. The van der Waals surface area contributed by atoms with Crippen LogP contribution in [0.25, 0.3) is 0 Å². The van der Waals surface area contributed by atoms with Gasteiger partial charge in [0.15, 0.2) is 0 Å². The number of nitrogens with zero attached hydrogens (tertiary/aromatic N) is 2. The minimum Gasteiger partial charge on any atom is -0.481 e. The monoisotopic (exact) mass is 442 g/mol. The molecular formula is C17H24BFN4O8. The van der Waals surface area contributed by atoms with Gasteiger partial charge in [0.1, 0.15) is 6.04 Å². The van der Waals surface area contributed by atoms with Gasteiger partial charge in [-0.15, -0.1) is 0 Å². The lowest BCUT2D eigenvalue weighted by Gasteiger charge is -2.19. The summed E-state index contributed by atoms with van der Waals surface area (Å²) in [4.78, 5) is 50.2. The van der Waals surface area contributed by atoms with E-state index in [0.717, 1.165) is 17.2 Å². The third-order valence-electron chi connectivity index (χ3n) is 4.23. The summed E-state index contributed by atoms with van der Waals surface area (Å²) in [6, 6.07) is -0.976. The van der Waals surface area contributed by atoms with Crippen LogP contribution in [0.3, 0.4) is 0 Å². The maximum absolute atomic E-state index is 13.4. The van der Waals surface area contributed by atoms with E-state index >= 15 is 0 Å². The highest BCUT2D eigenvalue weighted by Crippen LogP contribution is 2.13. The number of amides is 3. The molecule has 0 aromatic carbocycles. The van der Waals surface area contributed by atoms with Gasteiger partial charge in [0, 0.05) is 31.9 Å². The number of carbonyl (C=O) groups is 4. The fourth-order valence-corrected chi connectivity index (χ4v) is 2.50. The van der Waals surface area contributed by atoms with Crippen molar-refractivity contribution in [2.45, 2.75) is 38.1 Å². The highest BCUT2D eigenvalue weighted by atomic mass is 19.1. The highest BCUT2D eigenvalue weighted by Gasteiger charge is 2.22. The van der Waals surface area contributed by atoms with Crippen LogP contribution < -0.4 is 21.0 Å². The van der Waals surface area contributed by atoms with E-state index in [2.05, 4.69) is 15.6 Å². The van der Waals surface area contributed by atoms with Crippen molar-refractivity contribution < 1.29 is 43.8 Å².